The third-order valence-electron chi connectivity index (χ3n) is 5.85. The summed E-state index contributed by atoms with van der Waals surface area (Å²) in [7, 11) is -2.47. The summed E-state index contributed by atoms with van der Waals surface area (Å²) in [6.07, 6.45) is 5.51. The Kier molecular flexibility index (Phi) is 7.70. The molecule has 0 saturated carbocycles. The fourth-order valence-corrected chi connectivity index (χ4v) is 4.22. The number of Topliss-reactive ketones (excluding diaryl/α,β-unsaturated/α-hetero) is 1. The van der Waals surface area contributed by atoms with Crippen LogP contribution in [0, 0.1) is 43.3 Å². The summed E-state index contributed by atoms with van der Waals surface area (Å²) in [5.74, 6) is -1.76. The Morgan fingerprint density at radius 3 is 2.51 bits per heavy atom. The lowest BCUT2D eigenvalue weighted by Crippen LogP contribution is -2.63. The first-order chi connectivity index (χ1) is 17.3. The van der Waals surface area contributed by atoms with E-state index in [1.807, 2.05) is 0 Å². The zero-order valence-corrected chi connectivity index (χ0v) is 21.1. The van der Waals surface area contributed by atoms with Gasteiger partial charge in [-0.05, 0) is 37.6 Å². The average Bonchev–Trinajstić information content (AvgIpc) is 3.06. The number of hydrogen-bond donors (Lipinski definition) is 2. The zero-order chi connectivity index (χ0) is 27.7. The molecule has 14 heteroatoms. The number of carbonyl (C=O) groups is 3. The highest BCUT2D eigenvalue weighted by molar-refractivity contribution is 7.47. The van der Waals surface area contributed by atoms with Gasteiger partial charge in [0.15, 0.2) is 5.54 Å². The van der Waals surface area contributed by atoms with Crippen LogP contribution in [0.25, 0.3) is 0 Å². The topological polar surface area (TPSA) is 160 Å². The fourth-order valence-electron chi connectivity index (χ4n) is 3.71. The summed E-state index contributed by atoms with van der Waals surface area (Å²) >= 11 is 0. The lowest BCUT2D eigenvalue weighted by atomic mass is 9.96. The number of phosphoric acid groups is 1. The molecule has 1 unspecified atom stereocenters. The van der Waals surface area contributed by atoms with Crippen molar-refractivity contribution in [1.29, 1.82) is 5.26 Å². The van der Waals surface area contributed by atoms with Gasteiger partial charge < -0.3 is 19.5 Å². The number of hydroxylamine groups is 2. The van der Waals surface area contributed by atoms with Crippen molar-refractivity contribution in [3.05, 3.63) is 52.1 Å². The number of terminal acetylenes is 1. The number of nitriles is 1. The highest BCUT2D eigenvalue weighted by Gasteiger charge is 2.51. The largest absolute Gasteiger partial charge is 0.493 e. The summed E-state index contributed by atoms with van der Waals surface area (Å²) in [4.78, 5) is 49.5. The summed E-state index contributed by atoms with van der Waals surface area (Å²) in [6, 6.07) is 5.09. The van der Waals surface area contributed by atoms with Crippen LogP contribution in [0.1, 0.15) is 37.7 Å². The summed E-state index contributed by atoms with van der Waals surface area (Å²) in [5.41, 5.74) is -1.63. The van der Waals surface area contributed by atoms with Crippen LogP contribution in [-0.4, -0.2) is 58.0 Å². The molecule has 2 N–H and O–H groups in total. The second-order valence-electron chi connectivity index (χ2n) is 8.08. The molecule has 1 aromatic heterocycles. The van der Waals surface area contributed by atoms with Gasteiger partial charge in [0.2, 0.25) is 0 Å². The van der Waals surface area contributed by atoms with Crippen molar-refractivity contribution in [3.8, 4) is 18.4 Å². The number of nitrogens with one attached hydrogen (secondary N) is 1. The molecule has 2 aromatic rings. The Labute approximate surface area is 211 Å². The molecular weight excluding hydrogens is 510 g/mol. The van der Waals surface area contributed by atoms with Crippen molar-refractivity contribution in [2.75, 3.05) is 25.6 Å². The molecule has 1 saturated heterocycles. The fraction of sp³-hybridized carbons (Fsp3) is 0.304. The van der Waals surface area contributed by atoms with E-state index in [9.17, 15) is 28.2 Å². The number of carbonyl (C=O) groups excluding carboxylic acids is 3. The second-order valence-corrected chi connectivity index (χ2v) is 9.55. The van der Waals surface area contributed by atoms with E-state index in [0.717, 1.165) is 19.2 Å². The van der Waals surface area contributed by atoms with Crippen LogP contribution < -0.4 is 5.32 Å². The summed E-state index contributed by atoms with van der Waals surface area (Å²) in [5, 5.41) is 11.8. The Morgan fingerprint density at radius 1 is 1.35 bits per heavy atom. The van der Waals surface area contributed by atoms with Gasteiger partial charge in [-0.15, -0.1) is 6.42 Å². The zero-order valence-electron chi connectivity index (χ0n) is 20.2. The molecule has 0 spiro atoms. The Morgan fingerprint density at radius 2 is 2.00 bits per heavy atom. The number of amides is 2. The molecule has 0 bridgehead atoms. The van der Waals surface area contributed by atoms with E-state index in [1.54, 1.807) is 6.07 Å². The molecule has 37 heavy (non-hydrogen) atoms. The van der Waals surface area contributed by atoms with E-state index in [1.165, 1.54) is 31.5 Å². The predicted molar refractivity (Wildman–Crippen MR) is 125 cm³/mol. The molecule has 1 aliphatic rings. The number of nitrogens with zero attached hydrogens (tertiary/aromatic N) is 3. The lowest BCUT2D eigenvalue weighted by molar-refractivity contribution is -0.218. The van der Waals surface area contributed by atoms with Gasteiger partial charge in [-0.3, -0.25) is 18.9 Å². The van der Waals surface area contributed by atoms with Gasteiger partial charge >= 0.3 is 13.7 Å². The van der Waals surface area contributed by atoms with E-state index in [0.29, 0.717) is 5.06 Å². The van der Waals surface area contributed by atoms with Gasteiger partial charge in [-0.25, -0.2) is 8.96 Å². The maximum atomic E-state index is 13.6. The minimum absolute atomic E-state index is 0.00712. The van der Waals surface area contributed by atoms with Crippen LogP contribution in [0.5, 0.6) is 0 Å². The van der Waals surface area contributed by atoms with Gasteiger partial charge in [-0.1, -0.05) is 5.92 Å². The maximum Gasteiger partial charge on any atom is 0.493 e. The van der Waals surface area contributed by atoms with Gasteiger partial charge in [0, 0.05) is 25.5 Å². The quantitative estimate of drug-likeness (QED) is 0.170. The van der Waals surface area contributed by atoms with Crippen molar-refractivity contribution in [2.45, 2.75) is 19.4 Å². The molecule has 2 amide bonds. The first kappa shape index (κ1) is 27.7. The first-order valence-corrected chi connectivity index (χ1v) is 12.0. The number of ketones is 1. The van der Waals surface area contributed by atoms with Gasteiger partial charge in [0.05, 0.1) is 24.3 Å². The molecule has 1 aromatic carbocycles. The van der Waals surface area contributed by atoms with Crippen molar-refractivity contribution >= 4 is 31.1 Å². The predicted octanol–water partition coefficient (Wildman–Crippen LogP) is 2.00. The average molecular weight is 532 g/mol. The number of ether oxygens (including phenoxy) is 1. The number of phosphoric ester groups is 1. The number of aromatic nitrogens is 1. The standard InChI is InChI=1S/C23H22FN4O8P/c1-6-23(11-35-12-23)28(36-37(32,33)34-5)22(31)20(29)18-13(2)19(27(4)14(18)3)21(30)26-16-7-8-17(24)15(9-16)10-25/h1,7-9H,11-12H2,2-5H3,(H,26,30)(H,32,33). The normalized spacial score (nSPS) is 15.5. The molecule has 1 aliphatic heterocycles. The third-order valence-corrected chi connectivity index (χ3v) is 6.68. The molecule has 2 heterocycles. The number of rotatable bonds is 8. The van der Waals surface area contributed by atoms with Gasteiger partial charge in [0.1, 0.15) is 17.6 Å². The van der Waals surface area contributed by atoms with Crippen molar-refractivity contribution < 1.29 is 42.1 Å². The summed E-state index contributed by atoms with van der Waals surface area (Å²) in [6.45, 7) is 2.37. The Balaban J connectivity index is 1.99. The second kappa shape index (κ2) is 10.3. The maximum absolute atomic E-state index is 13.6. The number of halogens is 1. The minimum Gasteiger partial charge on any atom is -0.374 e. The minimum atomic E-state index is -4.81. The highest BCUT2D eigenvalue weighted by Crippen LogP contribution is 2.46. The molecule has 0 radical (unpaired) electrons. The third kappa shape index (κ3) is 5.04. The molecule has 12 nitrogen and oxygen atoms in total. The van der Waals surface area contributed by atoms with Crippen molar-refractivity contribution in [2.24, 2.45) is 7.05 Å². The highest BCUT2D eigenvalue weighted by atomic mass is 31.2. The smallest absolute Gasteiger partial charge is 0.374 e. The van der Waals surface area contributed by atoms with Crippen molar-refractivity contribution in [1.82, 2.24) is 9.63 Å². The van der Waals surface area contributed by atoms with Gasteiger partial charge in [-0.2, -0.15) is 14.9 Å². The Bertz CT molecular complexity index is 1430. The molecular formula is C23H22FN4O8P. The van der Waals surface area contributed by atoms with Crippen LogP contribution in [0.15, 0.2) is 18.2 Å². The molecule has 1 atom stereocenters. The molecule has 0 aliphatic carbocycles. The molecule has 194 valence electrons. The van der Waals surface area contributed by atoms with Gasteiger partial charge in [0.25, 0.3) is 11.7 Å². The van der Waals surface area contributed by atoms with Crippen LogP contribution >= 0.6 is 7.82 Å². The number of hydrogen-bond acceptors (Lipinski definition) is 8. The SMILES string of the molecule is C#CC1(N(OP(=O)(O)OC)C(=O)C(=O)c2c(C)c(C(=O)Nc3ccc(F)c(C#N)c3)n(C)c2C)COC1. The monoisotopic (exact) mass is 532 g/mol. The molecule has 3 rings (SSSR count). The lowest BCUT2D eigenvalue weighted by Gasteiger charge is -2.43. The van der Waals surface area contributed by atoms with Crippen LogP contribution in [0.2, 0.25) is 0 Å². The van der Waals surface area contributed by atoms with E-state index >= 15 is 0 Å². The molecule has 1 fully saturated rings. The van der Waals surface area contributed by atoms with Crippen molar-refractivity contribution in [3.63, 3.8) is 0 Å². The summed E-state index contributed by atoms with van der Waals surface area (Å²) < 4.78 is 41.3. The van der Waals surface area contributed by atoms with Crippen LogP contribution in [-0.2, 0) is 30.3 Å². The first-order valence-electron chi connectivity index (χ1n) is 10.5. The van der Waals surface area contributed by atoms with E-state index in [2.05, 4.69) is 15.8 Å². The van der Waals surface area contributed by atoms with Crippen LogP contribution in [0.4, 0.5) is 10.1 Å². The van der Waals surface area contributed by atoms with E-state index < -0.39 is 36.8 Å². The Hall–Kier alpha value is -3.84. The number of anilines is 1. The van der Waals surface area contributed by atoms with E-state index in [4.69, 9.17) is 21.0 Å². The van der Waals surface area contributed by atoms with Crippen LogP contribution in [0.3, 0.4) is 0 Å². The van der Waals surface area contributed by atoms with E-state index in [-0.39, 0.29) is 47.0 Å². The number of benzene rings is 1.